The summed E-state index contributed by atoms with van der Waals surface area (Å²) in [6, 6.07) is 12.9. The average molecular weight is 335 g/mol. The lowest BCUT2D eigenvalue weighted by Gasteiger charge is -2.12. The van der Waals surface area contributed by atoms with Gasteiger partial charge in [0.05, 0.1) is 16.3 Å². The van der Waals surface area contributed by atoms with E-state index in [2.05, 4.69) is 14.8 Å². The normalized spacial score (nSPS) is 11.3. The van der Waals surface area contributed by atoms with Crippen molar-refractivity contribution in [3.8, 4) is 5.69 Å². The van der Waals surface area contributed by atoms with Gasteiger partial charge in [0, 0.05) is 5.02 Å². The van der Waals surface area contributed by atoms with Gasteiger partial charge in [0.2, 0.25) is 0 Å². The van der Waals surface area contributed by atoms with Crippen molar-refractivity contribution in [3.63, 3.8) is 0 Å². The number of aromatic nitrogens is 3. The van der Waals surface area contributed by atoms with E-state index in [4.69, 9.17) is 11.6 Å². The van der Waals surface area contributed by atoms with Crippen molar-refractivity contribution in [1.29, 1.82) is 0 Å². The molecule has 0 saturated heterocycles. The number of para-hydroxylation sites is 2. The molecule has 2 aromatic carbocycles. The highest BCUT2D eigenvalue weighted by Crippen LogP contribution is 2.23. The zero-order valence-electron chi connectivity index (χ0n) is 11.2. The van der Waals surface area contributed by atoms with Crippen LogP contribution in [0.1, 0.15) is 0 Å². The fourth-order valence-corrected chi connectivity index (χ4v) is 3.11. The summed E-state index contributed by atoms with van der Waals surface area (Å²) in [4.78, 5) is 3.99. The van der Waals surface area contributed by atoms with Crippen LogP contribution in [0.4, 0.5) is 5.69 Å². The van der Waals surface area contributed by atoms with Crippen molar-refractivity contribution in [2.75, 3.05) is 4.72 Å². The Morgan fingerprint density at radius 1 is 1.05 bits per heavy atom. The van der Waals surface area contributed by atoms with Gasteiger partial charge in [-0.3, -0.25) is 4.72 Å². The first-order valence-corrected chi connectivity index (χ1v) is 8.15. The lowest BCUT2D eigenvalue weighted by atomic mass is 10.3. The van der Waals surface area contributed by atoms with Gasteiger partial charge in [-0.15, -0.1) is 0 Å². The third kappa shape index (κ3) is 2.95. The molecule has 0 atom stereocenters. The topological polar surface area (TPSA) is 76.9 Å². The van der Waals surface area contributed by atoms with E-state index in [0.29, 0.717) is 16.4 Å². The first kappa shape index (κ1) is 14.6. The molecule has 0 aliphatic rings. The van der Waals surface area contributed by atoms with E-state index in [1.165, 1.54) is 41.6 Å². The van der Waals surface area contributed by atoms with Crippen LogP contribution in [-0.4, -0.2) is 23.2 Å². The third-order valence-electron chi connectivity index (χ3n) is 2.94. The highest BCUT2D eigenvalue weighted by Gasteiger charge is 2.16. The molecule has 8 heteroatoms. The Kier molecular flexibility index (Phi) is 3.82. The molecular formula is C14H11ClN4O2S. The Morgan fingerprint density at radius 3 is 2.45 bits per heavy atom. The standard InChI is InChI=1S/C14H11ClN4O2S/c15-11-5-7-12(8-6-11)22(20,21)18-13-3-1-2-4-14(13)19-10-16-9-17-19/h1-10,18H. The Morgan fingerprint density at radius 2 is 1.77 bits per heavy atom. The number of hydrogen-bond donors (Lipinski definition) is 1. The molecule has 112 valence electrons. The minimum Gasteiger partial charge on any atom is -0.277 e. The van der Waals surface area contributed by atoms with Crippen molar-refractivity contribution >= 4 is 27.3 Å². The zero-order chi connectivity index (χ0) is 15.6. The SMILES string of the molecule is O=S(=O)(Nc1ccccc1-n1cncn1)c1ccc(Cl)cc1. The second-order valence-electron chi connectivity index (χ2n) is 4.42. The molecule has 1 heterocycles. The van der Waals surface area contributed by atoms with Crippen molar-refractivity contribution in [1.82, 2.24) is 14.8 Å². The van der Waals surface area contributed by atoms with Gasteiger partial charge in [-0.05, 0) is 36.4 Å². The number of halogens is 1. The third-order valence-corrected chi connectivity index (χ3v) is 4.57. The maximum atomic E-state index is 12.4. The second kappa shape index (κ2) is 5.78. The van der Waals surface area contributed by atoms with E-state index < -0.39 is 10.0 Å². The summed E-state index contributed by atoms with van der Waals surface area (Å²) in [6.07, 6.45) is 2.87. The average Bonchev–Trinajstić information content (AvgIpc) is 3.02. The molecule has 0 bridgehead atoms. The molecule has 22 heavy (non-hydrogen) atoms. The predicted octanol–water partition coefficient (Wildman–Crippen LogP) is 2.72. The lowest BCUT2D eigenvalue weighted by Crippen LogP contribution is -2.14. The van der Waals surface area contributed by atoms with E-state index >= 15 is 0 Å². The molecule has 6 nitrogen and oxygen atoms in total. The van der Waals surface area contributed by atoms with Crippen LogP contribution in [0.2, 0.25) is 5.02 Å². The molecule has 3 rings (SSSR count). The fourth-order valence-electron chi connectivity index (χ4n) is 1.91. The Hall–Kier alpha value is -2.38. The van der Waals surface area contributed by atoms with Crippen LogP contribution in [0.25, 0.3) is 5.69 Å². The van der Waals surface area contributed by atoms with Gasteiger partial charge in [-0.25, -0.2) is 18.1 Å². The van der Waals surface area contributed by atoms with Crippen LogP contribution in [0.5, 0.6) is 0 Å². The van der Waals surface area contributed by atoms with E-state index in [1.807, 2.05) is 0 Å². The summed E-state index contributed by atoms with van der Waals surface area (Å²) in [5.41, 5.74) is 0.987. The summed E-state index contributed by atoms with van der Waals surface area (Å²) in [5, 5.41) is 4.49. The number of benzene rings is 2. The Balaban J connectivity index is 1.98. The highest BCUT2D eigenvalue weighted by molar-refractivity contribution is 7.92. The first-order chi connectivity index (χ1) is 10.6. The van der Waals surface area contributed by atoms with E-state index in [0.717, 1.165) is 0 Å². The van der Waals surface area contributed by atoms with E-state index in [9.17, 15) is 8.42 Å². The zero-order valence-corrected chi connectivity index (χ0v) is 12.8. The number of nitrogens with zero attached hydrogens (tertiary/aromatic N) is 3. The molecule has 0 amide bonds. The van der Waals surface area contributed by atoms with Gasteiger partial charge in [0.1, 0.15) is 12.7 Å². The molecule has 0 fully saturated rings. The molecule has 0 radical (unpaired) electrons. The van der Waals surface area contributed by atoms with Gasteiger partial charge < -0.3 is 0 Å². The van der Waals surface area contributed by atoms with Gasteiger partial charge in [-0.2, -0.15) is 5.10 Å². The van der Waals surface area contributed by atoms with Crippen LogP contribution in [0.15, 0.2) is 66.1 Å². The number of anilines is 1. The summed E-state index contributed by atoms with van der Waals surface area (Å²) in [7, 11) is -3.71. The Labute approximate surface area is 132 Å². The van der Waals surface area contributed by atoms with Crippen LogP contribution >= 0.6 is 11.6 Å². The summed E-state index contributed by atoms with van der Waals surface area (Å²) in [6.45, 7) is 0. The maximum Gasteiger partial charge on any atom is 0.261 e. The van der Waals surface area contributed by atoms with Crippen LogP contribution in [0.3, 0.4) is 0 Å². The summed E-state index contributed by atoms with van der Waals surface area (Å²) in [5.74, 6) is 0. The number of hydrogen-bond acceptors (Lipinski definition) is 4. The molecule has 0 spiro atoms. The van der Waals surface area contributed by atoms with Crippen LogP contribution in [-0.2, 0) is 10.0 Å². The summed E-state index contributed by atoms with van der Waals surface area (Å²) >= 11 is 5.78. The molecule has 3 aromatic rings. The Bertz CT molecular complexity index is 877. The van der Waals surface area contributed by atoms with Crippen molar-refractivity contribution in [2.45, 2.75) is 4.90 Å². The molecule has 1 N–H and O–H groups in total. The van der Waals surface area contributed by atoms with Gasteiger partial charge in [0.15, 0.2) is 0 Å². The van der Waals surface area contributed by atoms with Gasteiger partial charge in [0.25, 0.3) is 10.0 Å². The largest absolute Gasteiger partial charge is 0.277 e. The highest BCUT2D eigenvalue weighted by atomic mass is 35.5. The molecule has 0 aliphatic carbocycles. The second-order valence-corrected chi connectivity index (χ2v) is 6.54. The molecule has 0 saturated carbocycles. The number of nitrogens with one attached hydrogen (secondary N) is 1. The minimum absolute atomic E-state index is 0.130. The van der Waals surface area contributed by atoms with Crippen LogP contribution < -0.4 is 4.72 Å². The van der Waals surface area contributed by atoms with Crippen molar-refractivity contribution in [3.05, 3.63) is 66.2 Å². The molecule has 0 unspecified atom stereocenters. The fraction of sp³-hybridized carbons (Fsp3) is 0. The number of rotatable bonds is 4. The van der Waals surface area contributed by atoms with Gasteiger partial charge in [-0.1, -0.05) is 23.7 Å². The van der Waals surface area contributed by atoms with Crippen LogP contribution in [0, 0.1) is 0 Å². The van der Waals surface area contributed by atoms with Gasteiger partial charge >= 0.3 is 0 Å². The summed E-state index contributed by atoms with van der Waals surface area (Å²) < 4.78 is 28.9. The number of sulfonamides is 1. The minimum atomic E-state index is -3.71. The molecule has 1 aromatic heterocycles. The lowest BCUT2D eigenvalue weighted by molar-refractivity contribution is 0.601. The van der Waals surface area contributed by atoms with E-state index in [-0.39, 0.29) is 4.90 Å². The smallest absolute Gasteiger partial charge is 0.261 e. The monoisotopic (exact) mass is 334 g/mol. The van der Waals surface area contributed by atoms with Crippen molar-refractivity contribution < 1.29 is 8.42 Å². The molecular weight excluding hydrogens is 324 g/mol. The van der Waals surface area contributed by atoms with E-state index in [1.54, 1.807) is 24.3 Å². The first-order valence-electron chi connectivity index (χ1n) is 6.29. The molecule has 0 aliphatic heterocycles. The predicted molar refractivity (Wildman–Crippen MR) is 83.6 cm³/mol. The van der Waals surface area contributed by atoms with Crippen molar-refractivity contribution in [2.24, 2.45) is 0 Å². The maximum absolute atomic E-state index is 12.4. The quantitative estimate of drug-likeness (QED) is 0.795.